The van der Waals surface area contributed by atoms with E-state index in [9.17, 15) is 0 Å². The maximum atomic E-state index is 6.10. The molecule has 0 atom stereocenters. The predicted molar refractivity (Wildman–Crippen MR) is 105 cm³/mol. The summed E-state index contributed by atoms with van der Waals surface area (Å²) >= 11 is 0. The molecule has 0 aliphatic heterocycles. The van der Waals surface area contributed by atoms with Crippen LogP contribution in [0.25, 0.3) is 22.2 Å². The van der Waals surface area contributed by atoms with Gasteiger partial charge in [-0.15, -0.1) is 0 Å². The van der Waals surface area contributed by atoms with Crippen LogP contribution in [0.2, 0.25) is 0 Å². The van der Waals surface area contributed by atoms with Gasteiger partial charge in [0.15, 0.2) is 11.4 Å². The lowest BCUT2D eigenvalue weighted by atomic mass is 10.1. The van der Waals surface area contributed by atoms with Crippen molar-refractivity contribution in [1.29, 1.82) is 0 Å². The first kappa shape index (κ1) is 17.3. The van der Waals surface area contributed by atoms with E-state index in [-0.39, 0.29) is 0 Å². The van der Waals surface area contributed by atoms with Gasteiger partial charge in [0, 0.05) is 30.2 Å². The van der Waals surface area contributed by atoms with Crippen molar-refractivity contribution in [2.75, 3.05) is 5.32 Å². The molecule has 4 heterocycles. The van der Waals surface area contributed by atoms with Crippen molar-refractivity contribution >= 4 is 16.8 Å². The second kappa shape index (κ2) is 6.87. The molecule has 0 saturated carbocycles. The average Bonchev–Trinajstić information content (AvgIpc) is 3.24. The van der Waals surface area contributed by atoms with Gasteiger partial charge < -0.3 is 14.3 Å². The molecule has 0 bridgehead atoms. The molecule has 0 aliphatic carbocycles. The van der Waals surface area contributed by atoms with E-state index >= 15 is 0 Å². The number of fused-ring (bicyclic) bond motifs is 1. The maximum absolute atomic E-state index is 6.10. The normalized spacial score (nSPS) is 11.4. The van der Waals surface area contributed by atoms with Crippen molar-refractivity contribution in [2.24, 2.45) is 0 Å². The van der Waals surface area contributed by atoms with E-state index in [0.717, 1.165) is 45.0 Å². The topological polar surface area (TPSA) is 77.0 Å². The molecule has 138 valence electrons. The van der Waals surface area contributed by atoms with Crippen LogP contribution >= 0.6 is 0 Å². The Hall–Kier alpha value is -3.15. The molecule has 4 aromatic rings. The zero-order chi connectivity index (χ0) is 19.0. The predicted octanol–water partition coefficient (Wildman–Crippen LogP) is 5.23. The minimum atomic E-state index is 0.297. The highest BCUT2D eigenvalue weighted by Crippen LogP contribution is 2.34. The molecule has 4 rings (SSSR count). The van der Waals surface area contributed by atoms with Crippen molar-refractivity contribution in [3.63, 3.8) is 0 Å². The highest BCUT2D eigenvalue weighted by molar-refractivity contribution is 5.91. The Kier molecular flexibility index (Phi) is 4.39. The number of rotatable bonds is 5. The van der Waals surface area contributed by atoms with E-state index < -0.39 is 0 Å². The Morgan fingerprint density at radius 3 is 2.70 bits per heavy atom. The zero-order valence-electron chi connectivity index (χ0n) is 15.9. The third-order valence-corrected chi connectivity index (χ3v) is 4.56. The lowest BCUT2D eigenvalue weighted by Gasteiger charge is -2.09. The van der Waals surface area contributed by atoms with Crippen molar-refractivity contribution < 1.29 is 8.94 Å². The Morgan fingerprint density at radius 1 is 1.19 bits per heavy atom. The second-order valence-electron chi connectivity index (χ2n) is 6.99. The fraction of sp³-hybridized carbons (Fsp3) is 0.286. The number of nitrogens with zero attached hydrogens (tertiary/aromatic N) is 3. The summed E-state index contributed by atoms with van der Waals surface area (Å²) in [6.07, 6.45) is 3.60. The standard InChI is InChI=1S/C21H22N4O2/c1-12(2)18-9-16-8-17(19-13(3)25-27-14(19)4)24-21(20(16)26-18)23-11-15-6-5-7-22-10-15/h5-10,12H,11H2,1-4H3,(H,23,24). The van der Waals surface area contributed by atoms with Crippen molar-refractivity contribution in [1.82, 2.24) is 15.1 Å². The van der Waals surface area contributed by atoms with Gasteiger partial charge in [-0.3, -0.25) is 4.98 Å². The molecule has 0 aromatic carbocycles. The van der Waals surface area contributed by atoms with Crippen molar-refractivity contribution in [3.8, 4) is 11.3 Å². The molecule has 0 saturated heterocycles. The molecule has 4 aromatic heterocycles. The van der Waals surface area contributed by atoms with Gasteiger partial charge in [0.2, 0.25) is 0 Å². The summed E-state index contributed by atoms with van der Waals surface area (Å²) in [5, 5.41) is 8.48. The fourth-order valence-corrected chi connectivity index (χ4v) is 3.14. The summed E-state index contributed by atoms with van der Waals surface area (Å²) in [6.45, 7) is 8.67. The minimum Gasteiger partial charge on any atom is -0.457 e. The molecule has 0 fully saturated rings. The highest BCUT2D eigenvalue weighted by Gasteiger charge is 2.18. The Bertz CT molecular complexity index is 1060. The lowest BCUT2D eigenvalue weighted by molar-refractivity contribution is 0.393. The van der Waals surface area contributed by atoms with Gasteiger partial charge in [0.1, 0.15) is 11.5 Å². The number of aryl methyl sites for hydroxylation is 2. The van der Waals surface area contributed by atoms with Crippen LogP contribution in [0, 0.1) is 13.8 Å². The molecule has 27 heavy (non-hydrogen) atoms. The van der Waals surface area contributed by atoms with Gasteiger partial charge in [0.05, 0.1) is 17.0 Å². The zero-order valence-corrected chi connectivity index (χ0v) is 15.9. The summed E-state index contributed by atoms with van der Waals surface area (Å²) < 4.78 is 11.4. The van der Waals surface area contributed by atoms with Crippen LogP contribution in [0.4, 0.5) is 5.82 Å². The van der Waals surface area contributed by atoms with Crippen LogP contribution in [0.3, 0.4) is 0 Å². The highest BCUT2D eigenvalue weighted by atomic mass is 16.5. The monoisotopic (exact) mass is 362 g/mol. The van der Waals surface area contributed by atoms with Gasteiger partial charge in [-0.2, -0.15) is 0 Å². The molecular formula is C21H22N4O2. The fourth-order valence-electron chi connectivity index (χ4n) is 3.14. The quantitative estimate of drug-likeness (QED) is 0.524. The Labute approximate surface area is 157 Å². The van der Waals surface area contributed by atoms with E-state index in [0.29, 0.717) is 18.3 Å². The summed E-state index contributed by atoms with van der Waals surface area (Å²) in [7, 11) is 0. The van der Waals surface area contributed by atoms with Crippen LogP contribution in [0.1, 0.15) is 42.5 Å². The van der Waals surface area contributed by atoms with Crippen LogP contribution in [-0.2, 0) is 6.54 Å². The number of aromatic nitrogens is 3. The second-order valence-corrected chi connectivity index (χ2v) is 6.99. The third-order valence-electron chi connectivity index (χ3n) is 4.56. The molecule has 0 unspecified atom stereocenters. The first-order chi connectivity index (χ1) is 13.0. The molecule has 0 radical (unpaired) electrons. The van der Waals surface area contributed by atoms with Crippen LogP contribution in [-0.4, -0.2) is 15.1 Å². The largest absolute Gasteiger partial charge is 0.457 e. The van der Waals surface area contributed by atoms with Gasteiger partial charge in [0.25, 0.3) is 0 Å². The number of furan rings is 1. The smallest absolute Gasteiger partial charge is 0.176 e. The molecule has 0 spiro atoms. The van der Waals surface area contributed by atoms with Crippen LogP contribution in [0.15, 0.2) is 45.6 Å². The summed E-state index contributed by atoms with van der Waals surface area (Å²) in [5.74, 6) is 2.70. The molecule has 0 amide bonds. The van der Waals surface area contributed by atoms with Gasteiger partial charge >= 0.3 is 0 Å². The van der Waals surface area contributed by atoms with Gasteiger partial charge in [-0.25, -0.2) is 4.98 Å². The average molecular weight is 362 g/mol. The lowest BCUT2D eigenvalue weighted by Crippen LogP contribution is -2.03. The van der Waals surface area contributed by atoms with Gasteiger partial charge in [-0.1, -0.05) is 25.1 Å². The van der Waals surface area contributed by atoms with Crippen molar-refractivity contribution in [2.45, 2.75) is 40.2 Å². The molecule has 6 heteroatoms. The van der Waals surface area contributed by atoms with E-state index in [1.165, 1.54) is 0 Å². The Balaban J connectivity index is 1.81. The Morgan fingerprint density at radius 2 is 2.04 bits per heavy atom. The molecular weight excluding hydrogens is 340 g/mol. The van der Waals surface area contributed by atoms with Crippen LogP contribution < -0.4 is 5.32 Å². The number of nitrogens with one attached hydrogen (secondary N) is 1. The minimum absolute atomic E-state index is 0.297. The molecule has 6 nitrogen and oxygen atoms in total. The molecule has 0 aliphatic rings. The van der Waals surface area contributed by atoms with Crippen LogP contribution in [0.5, 0.6) is 0 Å². The number of anilines is 1. The summed E-state index contributed by atoms with van der Waals surface area (Å²) in [4.78, 5) is 8.99. The number of pyridine rings is 2. The maximum Gasteiger partial charge on any atom is 0.176 e. The summed E-state index contributed by atoms with van der Waals surface area (Å²) in [5.41, 5.74) is 4.41. The molecule has 1 N–H and O–H groups in total. The summed E-state index contributed by atoms with van der Waals surface area (Å²) in [6, 6.07) is 8.06. The van der Waals surface area contributed by atoms with E-state index in [2.05, 4.69) is 35.4 Å². The van der Waals surface area contributed by atoms with Crippen molar-refractivity contribution in [3.05, 3.63) is 59.4 Å². The SMILES string of the molecule is Cc1noc(C)c1-c1cc2cc(C(C)C)oc2c(NCc2cccnc2)n1. The first-order valence-electron chi connectivity index (χ1n) is 9.03. The number of hydrogen-bond acceptors (Lipinski definition) is 6. The van der Waals surface area contributed by atoms with E-state index in [1.807, 2.05) is 38.2 Å². The first-order valence-corrected chi connectivity index (χ1v) is 9.03. The third kappa shape index (κ3) is 3.30. The van der Waals surface area contributed by atoms with Gasteiger partial charge in [-0.05, 0) is 37.6 Å². The van der Waals surface area contributed by atoms with E-state index in [1.54, 1.807) is 6.20 Å². The van der Waals surface area contributed by atoms with E-state index in [4.69, 9.17) is 13.9 Å². The number of hydrogen-bond donors (Lipinski definition) is 1.